The lowest BCUT2D eigenvalue weighted by Crippen LogP contribution is -2.61. The number of carbonyl (C=O) groups is 2. The van der Waals surface area contributed by atoms with Crippen LogP contribution in [0.2, 0.25) is 0 Å². The largest absolute Gasteiger partial charge is 0.421 e. The molecule has 0 spiro atoms. The molecule has 0 saturated heterocycles. The van der Waals surface area contributed by atoms with Gasteiger partial charge in [-0.2, -0.15) is 17.9 Å². The number of aromatic amines is 1. The van der Waals surface area contributed by atoms with Crippen LogP contribution in [-0.2, 0) is 38.1 Å². The van der Waals surface area contributed by atoms with Crippen LogP contribution < -0.4 is 26.6 Å². The van der Waals surface area contributed by atoms with Crippen molar-refractivity contribution in [1.29, 1.82) is 0 Å². The van der Waals surface area contributed by atoms with E-state index < -0.39 is 61.1 Å². The molecule has 15 heteroatoms. The van der Waals surface area contributed by atoms with Crippen molar-refractivity contribution in [1.82, 2.24) is 14.3 Å². The minimum Gasteiger partial charge on any atom is -0.326 e. The van der Waals surface area contributed by atoms with Crippen molar-refractivity contribution in [2.45, 2.75) is 36.5 Å². The highest BCUT2D eigenvalue weighted by atomic mass is 32.2. The fourth-order valence-corrected chi connectivity index (χ4v) is 5.40. The summed E-state index contributed by atoms with van der Waals surface area (Å²) in [4.78, 5) is 50.4. The number of fused-ring (bicyclic) bond motifs is 1. The molecule has 1 unspecified atom stereocenters. The maximum absolute atomic E-state index is 14.6. The minimum atomic E-state index is -5.64. The van der Waals surface area contributed by atoms with Gasteiger partial charge in [0.1, 0.15) is 5.82 Å². The molecular formula is C23H20F3N5O6S. The zero-order valence-corrected chi connectivity index (χ0v) is 20.4. The van der Waals surface area contributed by atoms with Crippen molar-refractivity contribution in [3.63, 3.8) is 0 Å². The second kappa shape index (κ2) is 9.57. The van der Waals surface area contributed by atoms with E-state index in [-0.39, 0.29) is 18.7 Å². The van der Waals surface area contributed by atoms with Gasteiger partial charge >= 0.3 is 11.9 Å². The van der Waals surface area contributed by atoms with E-state index in [1.54, 1.807) is 35.3 Å². The molecule has 1 aliphatic heterocycles. The number of nitrogens with zero attached hydrogens (tertiary/aromatic N) is 1. The molecule has 0 bridgehead atoms. The average molecular weight is 552 g/mol. The smallest absolute Gasteiger partial charge is 0.326 e. The fraction of sp³-hybridized carbons (Fsp3) is 0.217. The van der Waals surface area contributed by atoms with Crippen molar-refractivity contribution in [3.05, 3.63) is 86.6 Å². The number of aromatic nitrogens is 2. The average Bonchev–Trinajstić information content (AvgIpc) is 3.12. The number of halogens is 3. The molecule has 0 fully saturated rings. The molecule has 1 aromatic heterocycles. The number of aryl methyl sites for hydroxylation is 1. The van der Waals surface area contributed by atoms with Gasteiger partial charge in [0, 0.05) is 19.2 Å². The van der Waals surface area contributed by atoms with E-state index in [0.717, 1.165) is 28.8 Å². The van der Waals surface area contributed by atoms with Crippen LogP contribution >= 0.6 is 0 Å². The molecule has 0 aliphatic carbocycles. The van der Waals surface area contributed by atoms with E-state index in [4.69, 9.17) is 0 Å². The quantitative estimate of drug-likeness (QED) is 0.348. The predicted molar refractivity (Wildman–Crippen MR) is 129 cm³/mol. The molecule has 1 aliphatic rings. The molecule has 0 saturated carbocycles. The highest BCUT2D eigenvalue weighted by Gasteiger charge is 2.69. The highest BCUT2D eigenvalue weighted by Crippen LogP contribution is 2.45. The van der Waals surface area contributed by atoms with Crippen LogP contribution in [0.3, 0.4) is 0 Å². The van der Waals surface area contributed by atoms with Crippen LogP contribution in [0, 0.1) is 0 Å². The van der Waals surface area contributed by atoms with Crippen molar-refractivity contribution >= 4 is 33.3 Å². The zero-order chi connectivity index (χ0) is 27.9. The van der Waals surface area contributed by atoms with Crippen LogP contribution in [0.25, 0.3) is 0 Å². The SMILES string of the molecule is CC(=O)Nc1ccc(S(=O)(=O)NC2(C(F)(F)F)C(=O)Nc3c2c(=O)[nH]c(=O)n3CCc2ccccc2)cc1. The molecule has 2 amide bonds. The van der Waals surface area contributed by atoms with Crippen molar-refractivity contribution < 1.29 is 31.2 Å². The Kier molecular flexibility index (Phi) is 6.75. The molecule has 38 heavy (non-hydrogen) atoms. The normalized spacial score (nSPS) is 17.1. The first-order chi connectivity index (χ1) is 17.8. The van der Waals surface area contributed by atoms with Crippen LogP contribution in [0.15, 0.2) is 69.1 Å². The van der Waals surface area contributed by atoms with Crippen LogP contribution in [-0.4, -0.2) is 36.0 Å². The first kappa shape index (κ1) is 26.8. The van der Waals surface area contributed by atoms with Crippen molar-refractivity contribution in [3.8, 4) is 0 Å². The number of rotatable bonds is 7. The summed E-state index contributed by atoms with van der Waals surface area (Å²) in [5.74, 6) is -3.13. The first-order valence-corrected chi connectivity index (χ1v) is 12.5. The Bertz CT molecular complexity index is 1630. The number of benzene rings is 2. The zero-order valence-electron chi connectivity index (χ0n) is 19.5. The summed E-state index contributed by atoms with van der Waals surface area (Å²) >= 11 is 0. The third kappa shape index (κ3) is 4.72. The van der Waals surface area contributed by atoms with Gasteiger partial charge in [-0.05, 0) is 36.2 Å². The monoisotopic (exact) mass is 551 g/mol. The molecule has 2 aromatic carbocycles. The lowest BCUT2D eigenvalue weighted by atomic mass is 9.93. The Balaban J connectivity index is 1.81. The number of anilines is 2. The minimum absolute atomic E-state index is 0.153. The van der Waals surface area contributed by atoms with Gasteiger partial charge in [0.05, 0.1) is 10.5 Å². The maximum Gasteiger partial charge on any atom is 0.421 e. The van der Waals surface area contributed by atoms with Gasteiger partial charge in [-0.3, -0.25) is 23.9 Å². The summed E-state index contributed by atoms with van der Waals surface area (Å²) in [6.45, 7) is 0.972. The molecule has 200 valence electrons. The number of hydrogen-bond acceptors (Lipinski definition) is 6. The molecular weight excluding hydrogens is 531 g/mol. The van der Waals surface area contributed by atoms with Crippen LogP contribution in [0.5, 0.6) is 0 Å². The Morgan fingerprint density at radius 3 is 2.24 bits per heavy atom. The number of carbonyl (C=O) groups excluding carboxylic acids is 2. The topological polar surface area (TPSA) is 159 Å². The van der Waals surface area contributed by atoms with E-state index in [9.17, 15) is 40.8 Å². The van der Waals surface area contributed by atoms with Gasteiger partial charge in [-0.15, -0.1) is 0 Å². The number of nitrogens with one attached hydrogen (secondary N) is 4. The summed E-state index contributed by atoms with van der Waals surface area (Å²) in [6, 6.07) is 12.7. The van der Waals surface area contributed by atoms with Crippen molar-refractivity contribution in [2.75, 3.05) is 10.6 Å². The third-order valence-corrected chi connectivity index (χ3v) is 7.28. The highest BCUT2D eigenvalue weighted by molar-refractivity contribution is 7.89. The summed E-state index contributed by atoms with van der Waals surface area (Å²) in [6.07, 6.45) is -5.49. The van der Waals surface area contributed by atoms with E-state index in [0.29, 0.717) is 5.56 Å². The van der Waals surface area contributed by atoms with E-state index in [1.807, 2.05) is 5.32 Å². The Morgan fingerprint density at radius 1 is 1.03 bits per heavy atom. The van der Waals surface area contributed by atoms with Gasteiger partial charge in [-0.25, -0.2) is 13.2 Å². The summed E-state index contributed by atoms with van der Waals surface area (Å²) in [5, 5.41) is 4.27. The predicted octanol–water partition coefficient (Wildman–Crippen LogP) is 1.43. The van der Waals surface area contributed by atoms with E-state index in [2.05, 4.69) is 5.32 Å². The Morgan fingerprint density at radius 2 is 1.66 bits per heavy atom. The van der Waals surface area contributed by atoms with Gasteiger partial charge < -0.3 is 10.6 Å². The number of amides is 2. The van der Waals surface area contributed by atoms with E-state index >= 15 is 0 Å². The van der Waals surface area contributed by atoms with E-state index in [1.165, 1.54) is 11.6 Å². The summed E-state index contributed by atoms with van der Waals surface area (Å²) in [7, 11) is -5.08. The van der Waals surface area contributed by atoms with Crippen molar-refractivity contribution in [2.24, 2.45) is 0 Å². The van der Waals surface area contributed by atoms with Gasteiger partial charge in [-0.1, -0.05) is 30.3 Å². The molecule has 1 atom stereocenters. The molecule has 4 N–H and O–H groups in total. The number of hydrogen-bond donors (Lipinski definition) is 4. The summed E-state index contributed by atoms with van der Waals surface area (Å²) in [5.41, 5.74) is -7.12. The number of alkyl halides is 3. The number of H-pyrrole nitrogens is 1. The summed E-state index contributed by atoms with van der Waals surface area (Å²) < 4.78 is 72.0. The molecule has 4 rings (SSSR count). The number of sulfonamides is 1. The van der Waals surface area contributed by atoms with Gasteiger partial charge in [0.25, 0.3) is 11.5 Å². The van der Waals surface area contributed by atoms with Crippen LogP contribution in [0.1, 0.15) is 18.1 Å². The second-order valence-corrected chi connectivity index (χ2v) is 10.1. The maximum atomic E-state index is 14.6. The fourth-order valence-electron chi connectivity index (χ4n) is 4.07. The van der Waals surface area contributed by atoms with Crippen LogP contribution in [0.4, 0.5) is 24.7 Å². The Hall–Kier alpha value is -4.24. The van der Waals surface area contributed by atoms with Gasteiger partial charge in [0.2, 0.25) is 21.5 Å². The third-order valence-electron chi connectivity index (χ3n) is 5.81. The van der Waals surface area contributed by atoms with Gasteiger partial charge in [0.15, 0.2) is 0 Å². The lowest BCUT2D eigenvalue weighted by molar-refractivity contribution is -0.194. The molecule has 11 nitrogen and oxygen atoms in total. The standard InChI is InChI=1S/C23H20F3N5O6S/c1-13(32)27-15-7-9-16(10-8-15)38(36,37)30-22(23(24,25)26)17-18(28-20(22)34)31(21(35)29-19(17)33)12-11-14-5-3-2-4-6-14/h2-10,30H,11-12H2,1H3,(H,27,32)(H,28,34)(H,29,33,35). The first-order valence-electron chi connectivity index (χ1n) is 11.0. The second-order valence-electron chi connectivity index (χ2n) is 8.38. The molecule has 3 aromatic rings. The molecule has 2 heterocycles. The lowest BCUT2D eigenvalue weighted by Gasteiger charge is -2.29. The molecule has 0 radical (unpaired) electrons. The Labute approximate surface area is 212 Å².